The van der Waals surface area contributed by atoms with E-state index < -0.39 is 0 Å². The average Bonchev–Trinajstić information content (AvgIpc) is 2.33. The summed E-state index contributed by atoms with van der Waals surface area (Å²) in [6.45, 7) is 7.95. The SMILES string of the molecule is C=CCOc1cc(CO)cc(OCC=C)c1. The van der Waals surface area contributed by atoms with Crippen LogP contribution in [0.5, 0.6) is 11.5 Å². The molecule has 1 N–H and O–H groups in total. The van der Waals surface area contributed by atoms with Crippen LogP contribution in [-0.4, -0.2) is 18.3 Å². The molecule has 3 heteroatoms. The highest BCUT2D eigenvalue weighted by atomic mass is 16.5. The predicted octanol–water partition coefficient (Wildman–Crippen LogP) is 2.31. The van der Waals surface area contributed by atoms with Gasteiger partial charge in [-0.2, -0.15) is 0 Å². The molecule has 0 heterocycles. The lowest BCUT2D eigenvalue weighted by Gasteiger charge is -2.09. The molecule has 0 aliphatic heterocycles. The number of aliphatic hydroxyl groups excluding tert-OH is 1. The number of benzene rings is 1. The lowest BCUT2D eigenvalue weighted by Crippen LogP contribution is -1.98. The average molecular weight is 220 g/mol. The monoisotopic (exact) mass is 220 g/mol. The molecule has 0 spiro atoms. The summed E-state index contributed by atoms with van der Waals surface area (Å²) in [5.41, 5.74) is 0.751. The zero-order valence-electron chi connectivity index (χ0n) is 9.19. The Morgan fingerprint density at radius 2 is 1.50 bits per heavy atom. The largest absolute Gasteiger partial charge is 0.489 e. The van der Waals surface area contributed by atoms with Crippen molar-refractivity contribution in [3.63, 3.8) is 0 Å². The van der Waals surface area contributed by atoms with Gasteiger partial charge < -0.3 is 14.6 Å². The molecule has 0 aliphatic carbocycles. The number of hydrogen-bond donors (Lipinski definition) is 1. The van der Waals surface area contributed by atoms with Crippen LogP contribution in [0.4, 0.5) is 0 Å². The Hall–Kier alpha value is -1.74. The van der Waals surface area contributed by atoms with Gasteiger partial charge in [-0.25, -0.2) is 0 Å². The maximum absolute atomic E-state index is 9.09. The molecule has 0 radical (unpaired) electrons. The molecular weight excluding hydrogens is 204 g/mol. The summed E-state index contributed by atoms with van der Waals surface area (Å²) in [6, 6.07) is 5.31. The van der Waals surface area contributed by atoms with Crippen LogP contribution in [0, 0.1) is 0 Å². The van der Waals surface area contributed by atoms with Gasteiger partial charge >= 0.3 is 0 Å². The molecule has 0 aromatic heterocycles. The van der Waals surface area contributed by atoms with Crippen molar-refractivity contribution in [2.45, 2.75) is 6.61 Å². The number of aliphatic hydroxyl groups is 1. The summed E-state index contributed by atoms with van der Waals surface area (Å²) in [5.74, 6) is 1.32. The zero-order valence-corrected chi connectivity index (χ0v) is 9.19. The minimum absolute atomic E-state index is 0.0459. The number of hydrogen-bond acceptors (Lipinski definition) is 3. The van der Waals surface area contributed by atoms with Gasteiger partial charge in [-0.05, 0) is 17.7 Å². The van der Waals surface area contributed by atoms with Crippen molar-refractivity contribution in [3.8, 4) is 11.5 Å². The van der Waals surface area contributed by atoms with Crippen molar-refractivity contribution < 1.29 is 14.6 Å². The van der Waals surface area contributed by atoms with E-state index in [9.17, 15) is 0 Å². The zero-order chi connectivity index (χ0) is 11.8. The first-order chi connectivity index (χ1) is 7.80. The van der Waals surface area contributed by atoms with Gasteiger partial charge in [0.2, 0.25) is 0 Å². The van der Waals surface area contributed by atoms with E-state index in [0.29, 0.717) is 24.7 Å². The van der Waals surface area contributed by atoms with E-state index in [1.165, 1.54) is 0 Å². The highest BCUT2D eigenvalue weighted by molar-refractivity contribution is 5.38. The Kier molecular flexibility index (Phi) is 5.16. The number of rotatable bonds is 7. The van der Waals surface area contributed by atoms with Crippen LogP contribution in [0.15, 0.2) is 43.5 Å². The molecule has 1 aromatic carbocycles. The summed E-state index contributed by atoms with van der Waals surface area (Å²) < 4.78 is 10.8. The maximum Gasteiger partial charge on any atom is 0.123 e. The van der Waals surface area contributed by atoms with E-state index in [4.69, 9.17) is 14.6 Å². The topological polar surface area (TPSA) is 38.7 Å². The van der Waals surface area contributed by atoms with Crippen molar-refractivity contribution in [3.05, 3.63) is 49.1 Å². The van der Waals surface area contributed by atoms with Crippen LogP contribution in [0.2, 0.25) is 0 Å². The molecule has 1 aromatic rings. The van der Waals surface area contributed by atoms with Gasteiger partial charge in [0.1, 0.15) is 24.7 Å². The minimum Gasteiger partial charge on any atom is -0.489 e. The lowest BCUT2D eigenvalue weighted by atomic mass is 10.2. The highest BCUT2D eigenvalue weighted by Crippen LogP contribution is 2.23. The van der Waals surface area contributed by atoms with Crippen molar-refractivity contribution in [2.75, 3.05) is 13.2 Å². The first-order valence-electron chi connectivity index (χ1n) is 5.02. The van der Waals surface area contributed by atoms with Gasteiger partial charge in [0.05, 0.1) is 6.61 Å². The van der Waals surface area contributed by atoms with Crippen molar-refractivity contribution in [1.82, 2.24) is 0 Å². The van der Waals surface area contributed by atoms with Crippen molar-refractivity contribution in [1.29, 1.82) is 0 Å². The fourth-order valence-corrected chi connectivity index (χ4v) is 1.20. The normalized spacial score (nSPS) is 9.56. The first-order valence-corrected chi connectivity index (χ1v) is 5.02. The molecule has 0 saturated heterocycles. The minimum atomic E-state index is -0.0459. The van der Waals surface area contributed by atoms with E-state index >= 15 is 0 Å². The Labute approximate surface area is 95.6 Å². The van der Waals surface area contributed by atoms with E-state index in [-0.39, 0.29) is 6.61 Å². The third kappa shape index (κ3) is 3.79. The molecule has 1 rings (SSSR count). The molecule has 0 bridgehead atoms. The summed E-state index contributed by atoms with van der Waals surface area (Å²) in [7, 11) is 0. The van der Waals surface area contributed by atoms with Gasteiger partial charge in [0, 0.05) is 6.07 Å². The van der Waals surface area contributed by atoms with Crippen LogP contribution in [0.25, 0.3) is 0 Å². The molecule has 0 atom stereocenters. The quantitative estimate of drug-likeness (QED) is 0.717. The molecule has 3 nitrogen and oxygen atoms in total. The van der Waals surface area contributed by atoms with E-state index in [1.54, 1.807) is 30.4 Å². The van der Waals surface area contributed by atoms with Crippen molar-refractivity contribution in [2.24, 2.45) is 0 Å². The molecule has 0 saturated carbocycles. The third-order valence-electron chi connectivity index (χ3n) is 1.86. The summed E-state index contributed by atoms with van der Waals surface area (Å²) in [6.07, 6.45) is 3.33. The second kappa shape index (κ2) is 6.69. The van der Waals surface area contributed by atoms with Crippen LogP contribution in [-0.2, 0) is 6.61 Å². The maximum atomic E-state index is 9.09. The smallest absolute Gasteiger partial charge is 0.123 e. The second-order valence-electron chi connectivity index (χ2n) is 3.17. The second-order valence-corrected chi connectivity index (χ2v) is 3.17. The van der Waals surface area contributed by atoms with E-state index in [2.05, 4.69) is 13.2 Å². The van der Waals surface area contributed by atoms with Gasteiger partial charge in [0.25, 0.3) is 0 Å². The van der Waals surface area contributed by atoms with Gasteiger partial charge in [-0.15, -0.1) is 0 Å². The summed E-state index contributed by atoms with van der Waals surface area (Å²) in [4.78, 5) is 0. The summed E-state index contributed by atoms with van der Waals surface area (Å²) in [5, 5.41) is 9.09. The molecule has 0 unspecified atom stereocenters. The van der Waals surface area contributed by atoms with Crippen LogP contribution < -0.4 is 9.47 Å². The predicted molar refractivity (Wildman–Crippen MR) is 63.7 cm³/mol. The van der Waals surface area contributed by atoms with Crippen LogP contribution in [0.3, 0.4) is 0 Å². The fourth-order valence-electron chi connectivity index (χ4n) is 1.20. The number of ether oxygens (including phenoxy) is 2. The summed E-state index contributed by atoms with van der Waals surface area (Å²) >= 11 is 0. The van der Waals surface area contributed by atoms with Crippen LogP contribution >= 0.6 is 0 Å². The molecule has 0 fully saturated rings. The Morgan fingerprint density at radius 3 is 1.88 bits per heavy atom. The molecule has 86 valence electrons. The van der Waals surface area contributed by atoms with Crippen LogP contribution in [0.1, 0.15) is 5.56 Å². The highest BCUT2D eigenvalue weighted by Gasteiger charge is 2.01. The van der Waals surface area contributed by atoms with E-state index in [1.807, 2.05) is 0 Å². The fraction of sp³-hybridized carbons (Fsp3) is 0.231. The molecule has 0 amide bonds. The van der Waals surface area contributed by atoms with Gasteiger partial charge in [0.15, 0.2) is 0 Å². The first kappa shape index (κ1) is 12.3. The lowest BCUT2D eigenvalue weighted by molar-refractivity contribution is 0.278. The van der Waals surface area contributed by atoms with Gasteiger partial charge in [-0.1, -0.05) is 25.3 Å². The molecular formula is C13H16O3. The Morgan fingerprint density at radius 1 is 1.00 bits per heavy atom. The van der Waals surface area contributed by atoms with E-state index in [0.717, 1.165) is 5.56 Å². The molecule has 16 heavy (non-hydrogen) atoms. The Balaban J connectivity index is 2.81. The molecule has 0 aliphatic rings. The standard InChI is InChI=1S/C13H16O3/c1-3-5-15-12-7-11(10-14)8-13(9-12)16-6-4-2/h3-4,7-9,14H,1-2,5-6,10H2. The Bertz CT molecular complexity index is 328. The van der Waals surface area contributed by atoms with Crippen molar-refractivity contribution >= 4 is 0 Å². The van der Waals surface area contributed by atoms with Gasteiger partial charge in [-0.3, -0.25) is 0 Å². The third-order valence-corrected chi connectivity index (χ3v) is 1.86.